The molecule has 1 N–H and O–H groups in total. The van der Waals surface area contributed by atoms with Gasteiger partial charge in [0.05, 0.1) is 0 Å². The van der Waals surface area contributed by atoms with Crippen LogP contribution in [0, 0.1) is 0 Å². The largest absolute Gasteiger partial charge is 0.433 e. The second kappa shape index (κ2) is 6.52. The van der Waals surface area contributed by atoms with E-state index in [1.165, 1.54) is 12.5 Å². The van der Waals surface area contributed by atoms with E-state index in [1.807, 2.05) is 0 Å². The molecule has 0 aromatic carbocycles. The van der Waals surface area contributed by atoms with E-state index in [1.54, 1.807) is 6.07 Å². The number of fused-ring (bicyclic) bond motifs is 1. The molecule has 1 aliphatic rings. The second-order valence-electron chi connectivity index (χ2n) is 5.61. The zero-order chi connectivity index (χ0) is 16.3. The van der Waals surface area contributed by atoms with Crippen LogP contribution in [0.15, 0.2) is 24.7 Å². The molecule has 23 heavy (non-hydrogen) atoms. The lowest BCUT2D eigenvalue weighted by atomic mass is 10.1. The standard InChI is InChI=1S/C16H17F3N4/c17-16(18,19)14-8-11(6-7-20-14)9-21-15-12-4-2-1-3-5-13(12)22-10-23-15/h6-8,10H,1-5,9H2,(H,21,22,23). The van der Waals surface area contributed by atoms with Gasteiger partial charge in [-0.25, -0.2) is 9.97 Å². The van der Waals surface area contributed by atoms with Crippen molar-refractivity contribution in [1.29, 1.82) is 0 Å². The first-order valence-corrected chi connectivity index (χ1v) is 7.63. The van der Waals surface area contributed by atoms with Gasteiger partial charge in [-0.05, 0) is 43.4 Å². The van der Waals surface area contributed by atoms with E-state index in [-0.39, 0.29) is 6.54 Å². The van der Waals surface area contributed by atoms with Crippen LogP contribution in [0.5, 0.6) is 0 Å². The minimum Gasteiger partial charge on any atom is -0.366 e. The summed E-state index contributed by atoms with van der Waals surface area (Å²) in [7, 11) is 0. The van der Waals surface area contributed by atoms with Gasteiger partial charge >= 0.3 is 6.18 Å². The van der Waals surface area contributed by atoms with Gasteiger partial charge in [-0.15, -0.1) is 0 Å². The Morgan fingerprint density at radius 2 is 1.87 bits per heavy atom. The first-order valence-electron chi connectivity index (χ1n) is 7.63. The molecule has 0 fully saturated rings. The van der Waals surface area contributed by atoms with Gasteiger partial charge in [-0.3, -0.25) is 4.98 Å². The van der Waals surface area contributed by atoms with Crippen LogP contribution >= 0.6 is 0 Å². The van der Waals surface area contributed by atoms with Crippen molar-refractivity contribution in [3.05, 3.63) is 47.2 Å². The van der Waals surface area contributed by atoms with Crippen LogP contribution in [0.1, 0.15) is 41.8 Å². The molecule has 0 saturated carbocycles. The number of nitrogens with one attached hydrogen (secondary N) is 1. The summed E-state index contributed by atoms with van der Waals surface area (Å²) in [6.07, 6.45) is 3.46. The van der Waals surface area contributed by atoms with Gasteiger partial charge in [0, 0.05) is 24.0 Å². The average Bonchev–Trinajstić information content (AvgIpc) is 2.78. The first-order chi connectivity index (χ1) is 11.0. The Labute approximate surface area is 132 Å². The highest BCUT2D eigenvalue weighted by Gasteiger charge is 2.32. The lowest BCUT2D eigenvalue weighted by Crippen LogP contribution is -2.11. The number of halogens is 3. The number of hydrogen-bond acceptors (Lipinski definition) is 4. The number of aromatic nitrogens is 3. The molecule has 2 heterocycles. The summed E-state index contributed by atoms with van der Waals surface area (Å²) in [5.41, 5.74) is 1.78. The molecule has 0 atom stereocenters. The molecule has 122 valence electrons. The van der Waals surface area contributed by atoms with E-state index >= 15 is 0 Å². The van der Waals surface area contributed by atoms with E-state index in [4.69, 9.17) is 0 Å². The summed E-state index contributed by atoms with van der Waals surface area (Å²) in [4.78, 5) is 12.0. The lowest BCUT2D eigenvalue weighted by Gasteiger charge is -2.13. The van der Waals surface area contributed by atoms with Crippen LogP contribution in [0.4, 0.5) is 19.0 Å². The highest BCUT2D eigenvalue weighted by atomic mass is 19.4. The average molecular weight is 322 g/mol. The third kappa shape index (κ3) is 3.78. The molecule has 0 spiro atoms. The van der Waals surface area contributed by atoms with Gasteiger partial charge in [-0.2, -0.15) is 13.2 Å². The highest BCUT2D eigenvalue weighted by Crippen LogP contribution is 2.28. The Hall–Kier alpha value is -2.18. The molecule has 0 saturated heterocycles. The maximum atomic E-state index is 12.7. The molecular formula is C16H17F3N4. The van der Waals surface area contributed by atoms with Crippen LogP contribution in [-0.2, 0) is 25.6 Å². The summed E-state index contributed by atoms with van der Waals surface area (Å²) in [6.45, 7) is 0.273. The lowest BCUT2D eigenvalue weighted by molar-refractivity contribution is -0.141. The molecule has 2 aromatic rings. The molecule has 0 unspecified atom stereocenters. The summed E-state index contributed by atoms with van der Waals surface area (Å²) >= 11 is 0. The number of aryl methyl sites for hydroxylation is 1. The van der Waals surface area contributed by atoms with Crippen molar-refractivity contribution < 1.29 is 13.2 Å². The van der Waals surface area contributed by atoms with E-state index in [0.29, 0.717) is 5.56 Å². The monoisotopic (exact) mass is 322 g/mol. The minimum atomic E-state index is -4.43. The summed E-state index contributed by atoms with van der Waals surface area (Å²) < 4.78 is 38.1. The van der Waals surface area contributed by atoms with Crippen molar-refractivity contribution in [2.24, 2.45) is 0 Å². The van der Waals surface area contributed by atoms with Crippen molar-refractivity contribution in [3.8, 4) is 0 Å². The van der Waals surface area contributed by atoms with Crippen molar-refractivity contribution in [1.82, 2.24) is 15.0 Å². The summed E-state index contributed by atoms with van der Waals surface area (Å²) in [5, 5.41) is 3.15. The third-order valence-corrected chi connectivity index (χ3v) is 3.95. The maximum absolute atomic E-state index is 12.7. The highest BCUT2D eigenvalue weighted by molar-refractivity contribution is 5.47. The topological polar surface area (TPSA) is 50.7 Å². The zero-order valence-electron chi connectivity index (χ0n) is 12.5. The maximum Gasteiger partial charge on any atom is 0.433 e. The number of hydrogen-bond donors (Lipinski definition) is 1. The summed E-state index contributed by atoms with van der Waals surface area (Å²) in [6, 6.07) is 2.63. The molecule has 7 heteroatoms. The SMILES string of the molecule is FC(F)(F)c1cc(CNc2ncnc3c2CCCCC3)ccn1. The Morgan fingerprint density at radius 3 is 2.70 bits per heavy atom. The minimum absolute atomic E-state index is 0.273. The van der Waals surface area contributed by atoms with Gasteiger partial charge in [0.25, 0.3) is 0 Å². The Balaban J connectivity index is 1.77. The Morgan fingerprint density at radius 1 is 1.04 bits per heavy atom. The third-order valence-electron chi connectivity index (χ3n) is 3.95. The number of rotatable bonds is 3. The van der Waals surface area contributed by atoms with Gasteiger partial charge in [0.1, 0.15) is 17.8 Å². The molecule has 0 radical (unpaired) electrons. The van der Waals surface area contributed by atoms with Crippen LogP contribution < -0.4 is 5.32 Å². The molecule has 3 rings (SSSR count). The Bertz CT molecular complexity index is 685. The van der Waals surface area contributed by atoms with Crippen molar-refractivity contribution in [2.75, 3.05) is 5.32 Å². The predicted molar refractivity (Wildman–Crippen MR) is 79.9 cm³/mol. The smallest absolute Gasteiger partial charge is 0.366 e. The van der Waals surface area contributed by atoms with E-state index in [9.17, 15) is 13.2 Å². The molecule has 2 aromatic heterocycles. The van der Waals surface area contributed by atoms with Gasteiger partial charge < -0.3 is 5.32 Å². The fraction of sp³-hybridized carbons (Fsp3) is 0.438. The van der Waals surface area contributed by atoms with E-state index < -0.39 is 11.9 Å². The molecule has 0 bridgehead atoms. The van der Waals surface area contributed by atoms with Crippen LogP contribution in [0.2, 0.25) is 0 Å². The van der Waals surface area contributed by atoms with E-state index in [0.717, 1.165) is 55.2 Å². The van der Waals surface area contributed by atoms with Crippen LogP contribution in [0.3, 0.4) is 0 Å². The number of nitrogens with zero attached hydrogens (tertiary/aromatic N) is 3. The quantitative estimate of drug-likeness (QED) is 0.874. The number of pyridine rings is 1. The fourth-order valence-corrected chi connectivity index (χ4v) is 2.78. The molecule has 4 nitrogen and oxygen atoms in total. The van der Waals surface area contributed by atoms with Gasteiger partial charge in [0.15, 0.2) is 0 Å². The van der Waals surface area contributed by atoms with Gasteiger partial charge in [0.2, 0.25) is 0 Å². The van der Waals surface area contributed by atoms with Crippen molar-refractivity contribution >= 4 is 5.82 Å². The van der Waals surface area contributed by atoms with E-state index in [2.05, 4.69) is 20.3 Å². The van der Waals surface area contributed by atoms with Crippen molar-refractivity contribution in [3.63, 3.8) is 0 Å². The van der Waals surface area contributed by atoms with Gasteiger partial charge in [-0.1, -0.05) is 6.42 Å². The Kier molecular flexibility index (Phi) is 4.45. The van der Waals surface area contributed by atoms with Crippen LogP contribution in [-0.4, -0.2) is 15.0 Å². The number of anilines is 1. The number of alkyl halides is 3. The first kappa shape index (κ1) is 15.7. The molecular weight excluding hydrogens is 305 g/mol. The second-order valence-corrected chi connectivity index (χ2v) is 5.61. The van der Waals surface area contributed by atoms with Crippen LogP contribution in [0.25, 0.3) is 0 Å². The zero-order valence-corrected chi connectivity index (χ0v) is 12.5. The molecule has 1 aliphatic carbocycles. The molecule has 0 amide bonds. The van der Waals surface area contributed by atoms with Crippen molar-refractivity contribution in [2.45, 2.75) is 44.8 Å². The fourth-order valence-electron chi connectivity index (χ4n) is 2.78. The normalized spacial score (nSPS) is 14.9. The summed E-state index contributed by atoms with van der Waals surface area (Å²) in [5.74, 6) is 0.724. The molecule has 0 aliphatic heterocycles. The predicted octanol–water partition coefficient (Wildman–Crippen LogP) is 3.77.